The minimum Gasteiger partial charge on any atom is -0.496 e. The number of methoxy groups -OCH3 is 1. The molecule has 3 rings (SSSR count). The zero-order valence-electron chi connectivity index (χ0n) is 15.3. The molecule has 0 saturated carbocycles. The van der Waals surface area contributed by atoms with E-state index in [0.717, 1.165) is 12.0 Å². The van der Waals surface area contributed by atoms with Gasteiger partial charge in [0.15, 0.2) is 0 Å². The van der Waals surface area contributed by atoms with Crippen molar-refractivity contribution in [2.45, 2.75) is 19.4 Å². The van der Waals surface area contributed by atoms with E-state index < -0.39 is 10.0 Å². The summed E-state index contributed by atoms with van der Waals surface area (Å²) in [5, 5.41) is 2.76. The molecule has 2 aromatic rings. The quantitative estimate of drug-likeness (QED) is 0.738. The van der Waals surface area contributed by atoms with Gasteiger partial charge >= 0.3 is 0 Å². The predicted molar refractivity (Wildman–Crippen MR) is 104 cm³/mol. The molecule has 6 nitrogen and oxygen atoms in total. The lowest BCUT2D eigenvalue weighted by atomic mass is 10.0. The van der Waals surface area contributed by atoms with Crippen LogP contribution >= 0.6 is 0 Å². The molecule has 0 radical (unpaired) electrons. The highest BCUT2D eigenvalue weighted by Crippen LogP contribution is 2.21. The van der Waals surface area contributed by atoms with E-state index in [2.05, 4.69) is 5.32 Å². The fourth-order valence-corrected chi connectivity index (χ4v) is 4.69. The van der Waals surface area contributed by atoms with Crippen molar-refractivity contribution >= 4 is 15.9 Å². The largest absolute Gasteiger partial charge is 0.496 e. The molecule has 0 aliphatic carbocycles. The molecule has 1 aliphatic heterocycles. The molecule has 7 heteroatoms. The minimum atomic E-state index is -3.34. The van der Waals surface area contributed by atoms with Crippen LogP contribution in [0.4, 0.5) is 0 Å². The van der Waals surface area contributed by atoms with Gasteiger partial charge in [0.25, 0.3) is 5.91 Å². The Morgan fingerprint density at radius 1 is 1.11 bits per heavy atom. The van der Waals surface area contributed by atoms with Gasteiger partial charge in [-0.15, -0.1) is 0 Å². The monoisotopic (exact) mass is 388 g/mol. The van der Waals surface area contributed by atoms with Crippen LogP contribution < -0.4 is 10.1 Å². The van der Waals surface area contributed by atoms with Crippen LogP contribution in [0.1, 0.15) is 27.9 Å². The molecule has 1 aliphatic rings. The zero-order valence-corrected chi connectivity index (χ0v) is 16.2. The molecule has 0 saturated heterocycles. The van der Waals surface area contributed by atoms with Crippen LogP contribution in [0.15, 0.2) is 48.5 Å². The molecular formula is C20H24N2O4S. The van der Waals surface area contributed by atoms with Crippen molar-refractivity contribution in [2.75, 3.05) is 26.0 Å². The number of amides is 1. The first-order valence-corrected chi connectivity index (χ1v) is 10.6. The van der Waals surface area contributed by atoms with Crippen LogP contribution in [0.3, 0.4) is 0 Å². The van der Waals surface area contributed by atoms with Crippen molar-refractivity contribution in [1.29, 1.82) is 0 Å². The molecular weight excluding hydrogens is 364 g/mol. The second kappa shape index (κ2) is 8.54. The Labute approximate surface area is 160 Å². The van der Waals surface area contributed by atoms with E-state index in [1.54, 1.807) is 24.3 Å². The Balaban J connectivity index is 1.51. The lowest BCUT2D eigenvalue weighted by Gasteiger charge is -2.28. The SMILES string of the molecule is COc1ccccc1C(=O)NCCCS(=O)(=O)N1CCc2ccccc2C1. The Bertz CT molecular complexity index is 912. The van der Waals surface area contributed by atoms with Crippen molar-refractivity contribution in [1.82, 2.24) is 9.62 Å². The van der Waals surface area contributed by atoms with Gasteiger partial charge in [0.2, 0.25) is 10.0 Å². The number of rotatable bonds is 7. The Morgan fingerprint density at radius 2 is 1.81 bits per heavy atom. The maximum atomic E-state index is 12.6. The standard InChI is InChI=1S/C20H24N2O4S/c1-26-19-10-5-4-9-18(19)20(23)21-12-6-14-27(24,25)22-13-11-16-7-2-3-8-17(16)15-22/h2-5,7-10H,6,11-15H2,1H3,(H,21,23). The van der Waals surface area contributed by atoms with E-state index in [1.807, 2.05) is 24.3 Å². The number of nitrogens with zero attached hydrogens (tertiary/aromatic N) is 1. The number of carbonyl (C=O) groups excluding carboxylic acids is 1. The van der Waals surface area contributed by atoms with Gasteiger partial charge in [0.1, 0.15) is 5.75 Å². The molecule has 1 heterocycles. The van der Waals surface area contributed by atoms with Crippen LogP contribution in [0, 0.1) is 0 Å². The van der Waals surface area contributed by atoms with Crippen molar-refractivity contribution in [3.8, 4) is 5.75 Å². The molecule has 1 N–H and O–H groups in total. The summed E-state index contributed by atoms with van der Waals surface area (Å²) in [5.41, 5.74) is 2.72. The third-order valence-corrected chi connectivity index (χ3v) is 6.61. The highest BCUT2D eigenvalue weighted by Gasteiger charge is 2.26. The Kier molecular flexibility index (Phi) is 6.13. The van der Waals surface area contributed by atoms with Gasteiger partial charge in [-0.1, -0.05) is 36.4 Å². The second-order valence-electron chi connectivity index (χ2n) is 6.48. The minimum absolute atomic E-state index is 0.0152. The molecule has 0 atom stereocenters. The second-order valence-corrected chi connectivity index (χ2v) is 8.57. The summed E-state index contributed by atoms with van der Waals surface area (Å²) in [7, 11) is -1.83. The molecule has 144 valence electrons. The lowest BCUT2D eigenvalue weighted by Crippen LogP contribution is -2.38. The van der Waals surface area contributed by atoms with Gasteiger partial charge in [-0.25, -0.2) is 8.42 Å². The van der Waals surface area contributed by atoms with E-state index in [9.17, 15) is 13.2 Å². The summed E-state index contributed by atoms with van der Waals surface area (Å²) < 4.78 is 31.9. The van der Waals surface area contributed by atoms with Gasteiger partial charge in [0, 0.05) is 19.6 Å². The molecule has 0 spiro atoms. The number of para-hydroxylation sites is 1. The Hall–Kier alpha value is -2.38. The highest BCUT2D eigenvalue weighted by molar-refractivity contribution is 7.89. The van der Waals surface area contributed by atoms with E-state index in [4.69, 9.17) is 4.74 Å². The third kappa shape index (κ3) is 4.67. The first kappa shape index (κ1) is 19.4. The fourth-order valence-electron chi connectivity index (χ4n) is 3.22. The molecule has 27 heavy (non-hydrogen) atoms. The van der Waals surface area contributed by atoms with Crippen LogP contribution in [-0.4, -0.2) is 44.6 Å². The van der Waals surface area contributed by atoms with E-state index in [-0.39, 0.29) is 11.7 Å². The number of nitrogens with one attached hydrogen (secondary N) is 1. The smallest absolute Gasteiger partial charge is 0.255 e. The summed E-state index contributed by atoms with van der Waals surface area (Å²) in [4.78, 5) is 12.2. The summed E-state index contributed by atoms with van der Waals surface area (Å²) in [6.45, 7) is 1.22. The maximum Gasteiger partial charge on any atom is 0.255 e. The highest BCUT2D eigenvalue weighted by atomic mass is 32.2. The topological polar surface area (TPSA) is 75.7 Å². The van der Waals surface area contributed by atoms with Gasteiger partial charge in [-0.05, 0) is 36.1 Å². The van der Waals surface area contributed by atoms with Crippen LogP contribution in [0.5, 0.6) is 5.75 Å². The molecule has 0 bridgehead atoms. The zero-order chi connectivity index (χ0) is 19.3. The Morgan fingerprint density at radius 3 is 2.59 bits per heavy atom. The maximum absolute atomic E-state index is 12.6. The number of ether oxygens (including phenoxy) is 1. The number of hydrogen-bond donors (Lipinski definition) is 1. The summed E-state index contributed by atoms with van der Waals surface area (Å²) >= 11 is 0. The van der Waals surface area contributed by atoms with Crippen molar-refractivity contribution in [2.24, 2.45) is 0 Å². The van der Waals surface area contributed by atoms with Gasteiger partial charge in [-0.2, -0.15) is 4.31 Å². The van der Waals surface area contributed by atoms with E-state index >= 15 is 0 Å². The summed E-state index contributed by atoms with van der Waals surface area (Å²) in [5.74, 6) is 0.243. The predicted octanol–water partition coefficient (Wildman–Crippen LogP) is 2.20. The first-order chi connectivity index (χ1) is 13.0. The van der Waals surface area contributed by atoms with Gasteiger partial charge in [-0.3, -0.25) is 4.79 Å². The van der Waals surface area contributed by atoms with Crippen molar-refractivity contribution < 1.29 is 17.9 Å². The summed E-state index contributed by atoms with van der Waals surface area (Å²) in [6, 6.07) is 14.9. The fraction of sp³-hybridized carbons (Fsp3) is 0.350. The van der Waals surface area contributed by atoms with Crippen molar-refractivity contribution in [3.05, 3.63) is 65.2 Å². The summed E-state index contributed by atoms with van der Waals surface area (Å²) in [6.07, 6.45) is 1.10. The number of sulfonamides is 1. The molecule has 0 unspecified atom stereocenters. The average molecular weight is 388 g/mol. The van der Waals surface area contributed by atoms with Crippen LogP contribution in [0.2, 0.25) is 0 Å². The van der Waals surface area contributed by atoms with E-state index in [1.165, 1.54) is 17.0 Å². The van der Waals surface area contributed by atoms with Gasteiger partial charge in [0.05, 0.1) is 18.4 Å². The number of carbonyl (C=O) groups is 1. The number of fused-ring (bicyclic) bond motifs is 1. The molecule has 2 aromatic carbocycles. The number of hydrogen-bond acceptors (Lipinski definition) is 4. The molecule has 1 amide bonds. The van der Waals surface area contributed by atoms with Gasteiger partial charge < -0.3 is 10.1 Å². The molecule has 0 aromatic heterocycles. The number of benzene rings is 2. The lowest BCUT2D eigenvalue weighted by molar-refractivity contribution is 0.0950. The first-order valence-electron chi connectivity index (χ1n) is 8.97. The molecule has 0 fully saturated rings. The van der Waals surface area contributed by atoms with Crippen molar-refractivity contribution in [3.63, 3.8) is 0 Å². The van der Waals surface area contributed by atoms with Crippen LogP contribution in [-0.2, 0) is 23.0 Å². The third-order valence-electron chi connectivity index (χ3n) is 4.71. The van der Waals surface area contributed by atoms with Crippen LogP contribution in [0.25, 0.3) is 0 Å². The normalized spacial score (nSPS) is 14.4. The average Bonchev–Trinajstić information content (AvgIpc) is 2.70. The van der Waals surface area contributed by atoms with E-state index in [0.29, 0.717) is 37.4 Å².